The fourth-order valence-corrected chi connectivity index (χ4v) is 7.76. The van der Waals surface area contributed by atoms with Gasteiger partial charge in [-0.25, -0.2) is 4.98 Å². The van der Waals surface area contributed by atoms with Gasteiger partial charge in [-0.3, -0.25) is 9.59 Å². The van der Waals surface area contributed by atoms with Crippen LogP contribution in [-0.2, 0) is 11.8 Å². The highest BCUT2D eigenvalue weighted by atomic mass is 16.5. The molecule has 2 saturated carbocycles. The van der Waals surface area contributed by atoms with Gasteiger partial charge in [-0.2, -0.15) is 0 Å². The van der Waals surface area contributed by atoms with Crippen molar-refractivity contribution in [2.75, 3.05) is 26.7 Å². The Morgan fingerprint density at radius 3 is 2.34 bits per heavy atom. The molecule has 2 bridgehead atoms. The Hall–Kier alpha value is -3.81. The first-order valence-corrected chi connectivity index (χ1v) is 15.2. The highest BCUT2D eigenvalue weighted by Gasteiger charge is 2.38. The van der Waals surface area contributed by atoms with Crippen molar-refractivity contribution in [3.8, 4) is 17.3 Å². The Morgan fingerprint density at radius 2 is 1.68 bits per heavy atom. The van der Waals surface area contributed by atoms with Crippen LogP contribution in [0, 0.1) is 5.92 Å². The molecule has 41 heavy (non-hydrogen) atoms. The quantitative estimate of drug-likeness (QED) is 0.328. The molecule has 2 aliphatic carbocycles. The number of para-hydroxylation sites is 1. The van der Waals surface area contributed by atoms with Crippen LogP contribution in [0.25, 0.3) is 33.5 Å². The fraction of sp³-hybridized carbons (Fsp3) is 0.485. The van der Waals surface area contributed by atoms with E-state index in [4.69, 9.17) is 9.72 Å². The molecule has 2 amide bonds. The molecule has 2 aromatic heterocycles. The third-order valence-electron chi connectivity index (χ3n) is 10.2. The Kier molecular flexibility index (Phi) is 5.53. The number of rotatable bonds is 5. The molecule has 3 aliphatic heterocycles. The van der Waals surface area contributed by atoms with Gasteiger partial charge >= 0.3 is 0 Å². The van der Waals surface area contributed by atoms with Crippen LogP contribution in [0.4, 0.5) is 0 Å². The molecular formula is C33H37N5O3. The summed E-state index contributed by atoms with van der Waals surface area (Å²) in [5.74, 6) is 2.79. The lowest BCUT2D eigenvalue weighted by Gasteiger charge is -2.45. The summed E-state index contributed by atoms with van der Waals surface area (Å²) in [6.07, 6.45) is 7.02. The second-order valence-corrected chi connectivity index (χ2v) is 12.7. The molecule has 0 spiro atoms. The maximum absolute atomic E-state index is 13.7. The molecule has 0 N–H and O–H groups in total. The molecule has 2 aromatic carbocycles. The molecule has 5 heterocycles. The van der Waals surface area contributed by atoms with Gasteiger partial charge in [0.25, 0.3) is 5.91 Å². The number of hydrogen-bond acceptors (Lipinski definition) is 4. The molecule has 3 saturated heterocycles. The van der Waals surface area contributed by atoms with Gasteiger partial charge in [-0.1, -0.05) is 18.2 Å². The summed E-state index contributed by atoms with van der Waals surface area (Å²) in [7, 11) is 3.72. The number of piperidine rings is 2. The topological polar surface area (TPSA) is 72.6 Å². The van der Waals surface area contributed by atoms with E-state index in [0.717, 1.165) is 67.9 Å². The number of nitrogens with zero attached hydrogens (tertiary/aromatic N) is 5. The zero-order valence-corrected chi connectivity index (χ0v) is 24.1. The molecule has 5 fully saturated rings. The third kappa shape index (κ3) is 3.82. The van der Waals surface area contributed by atoms with E-state index >= 15 is 0 Å². The maximum Gasteiger partial charge on any atom is 0.254 e. The van der Waals surface area contributed by atoms with E-state index in [-0.39, 0.29) is 11.8 Å². The van der Waals surface area contributed by atoms with Gasteiger partial charge < -0.3 is 23.7 Å². The van der Waals surface area contributed by atoms with Crippen molar-refractivity contribution in [2.24, 2.45) is 13.0 Å². The average Bonchev–Trinajstić information content (AvgIpc) is 3.64. The zero-order valence-electron chi connectivity index (χ0n) is 24.1. The number of imidazole rings is 1. The summed E-state index contributed by atoms with van der Waals surface area (Å²) in [5.41, 5.74) is 6.04. The first-order chi connectivity index (χ1) is 19.9. The Bertz CT molecular complexity index is 1720. The summed E-state index contributed by atoms with van der Waals surface area (Å²) >= 11 is 0. The Morgan fingerprint density at radius 1 is 0.927 bits per heavy atom. The third-order valence-corrected chi connectivity index (χ3v) is 10.2. The number of methoxy groups -OCH3 is 1. The standard InChI is InChI=1S/C33H37N5O3/c1-19(39)36-17-23(18-36)26-6-4-5-21-14-28(38(30(21)26)25-11-12-25)32-34-27-13-22(15-29(41-3)31(27)35(32)2)33(40)37-16-20-7-9-24(37)10-8-20/h4-6,13-15,20,23-25H,7-12,16-18H2,1-3H3. The number of fused-ring (bicyclic) bond motifs is 5. The number of ether oxygens (including phenoxy) is 1. The number of carbonyl (C=O) groups is 2. The lowest BCUT2D eigenvalue weighted by molar-refractivity contribution is -0.133. The first kappa shape index (κ1) is 24.9. The van der Waals surface area contributed by atoms with Crippen LogP contribution in [-0.4, -0.2) is 68.5 Å². The average molecular weight is 552 g/mol. The van der Waals surface area contributed by atoms with E-state index in [1.807, 2.05) is 24.1 Å². The van der Waals surface area contributed by atoms with E-state index in [9.17, 15) is 9.59 Å². The van der Waals surface area contributed by atoms with E-state index < -0.39 is 0 Å². The van der Waals surface area contributed by atoms with Crippen LogP contribution in [0.3, 0.4) is 0 Å². The number of aromatic nitrogens is 3. The lowest BCUT2D eigenvalue weighted by Crippen LogP contribution is -2.50. The monoisotopic (exact) mass is 551 g/mol. The predicted octanol–water partition coefficient (Wildman–Crippen LogP) is 5.50. The largest absolute Gasteiger partial charge is 0.494 e. The van der Waals surface area contributed by atoms with Crippen LogP contribution in [0.2, 0.25) is 0 Å². The van der Waals surface area contributed by atoms with Crippen LogP contribution in [0.5, 0.6) is 5.75 Å². The smallest absolute Gasteiger partial charge is 0.254 e. The molecule has 4 aromatic rings. The van der Waals surface area contributed by atoms with Gasteiger partial charge in [0.1, 0.15) is 11.3 Å². The Balaban J connectivity index is 1.23. The molecule has 0 radical (unpaired) electrons. The number of benzene rings is 2. The summed E-state index contributed by atoms with van der Waals surface area (Å²) in [4.78, 5) is 34.8. The SMILES string of the molecule is COc1cc(C(=O)N2CC3CCC2CC3)cc2nc(-c3cc4cccc(C5CN(C(C)=O)C5)c4n3C3CC3)n(C)c12. The maximum atomic E-state index is 13.7. The van der Waals surface area contributed by atoms with Crippen molar-refractivity contribution in [3.05, 3.63) is 47.5 Å². The number of hydrogen-bond donors (Lipinski definition) is 0. The summed E-state index contributed by atoms with van der Waals surface area (Å²) in [6, 6.07) is 13.5. The minimum atomic E-state index is 0.101. The number of likely N-dealkylation sites (tertiary alicyclic amines) is 1. The lowest BCUT2D eigenvalue weighted by atomic mass is 9.79. The molecule has 8 heteroatoms. The van der Waals surface area contributed by atoms with Crippen LogP contribution in [0.1, 0.15) is 73.3 Å². The second kappa shape index (κ2) is 9.10. The molecule has 9 rings (SSSR count). The summed E-state index contributed by atoms with van der Waals surface area (Å²) in [5, 5.41) is 1.21. The molecule has 0 unspecified atom stereocenters. The van der Waals surface area contributed by atoms with E-state index in [1.54, 1.807) is 14.0 Å². The second-order valence-electron chi connectivity index (χ2n) is 12.7. The zero-order chi connectivity index (χ0) is 28.0. The van der Waals surface area contributed by atoms with Crippen molar-refractivity contribution in [1.29, 1.82) is 0 Å². The Labute approximate surface area is 239 Å². The van der Waals surface area contributed by atoms with Crippen molar-refractivity contribution in [2.45, 2.75) is 63.5 Å². The van der Waals surface area contributed by atoms with Crippen molar-refractivity contribution in [3.63, 3.8) is 0 Å². The molecule has 212 valence electrons. The minimum absolute atomic E-state index is 0.101. The minimum Gasteiger partial charge on any atom is -0.494 e. The van der Waals surface area contributed by atoms with Crippen molar-refractivity contribution < 1.29 is 14.3 Å². The van der Waals surface area contributed by atoms with E-state index in [2.05, 4.69) is 38.3 Å². The highest BCUT2D eigenvalue weighted by Crippen LogP contribution is 2.46. The molecule has 0 atom stereocenters. The van der Waals surface area contributed by atoms with E-state index in [1.165, 1.54) is 29.3 Å². The molecule has 8 nitrogen and oxygen atoms in total. The number of amides is 2. The number of aryl methyl sites for hydroxylation is 1. The van der Waals surface area contributed by atoms with Crippen molar-refractivity contribution in [1.82, 2.24) is 23.9 Å². The van der Waals surface area contributed by atoms with Gasteiger partial charge in [-0.15, -0.1) is 0 Å². The van der Waals surface area contributed by atoms with E-state index in [0.29, 0.717) is 35.2 Å². The summed E-state index contributed by atoms with van der Waals surface area (Å²) < 4.78 is 10.5. The van der Waals surface area contributed by atoms with Gasteiger partial charge in [0.05, 0.1) is 23.8 Å². The van der Waals surface area contributed by atoms with Gasteiger partial charge in [0.15, 0.2) is 5.82 Å². The van der Waals surface area contributed by atoms with Crippen LogP contribution >= 0.6 is 0 Å². The molecular weight excluding hydrogens is 514 g/mol. The van der Waals surface area contributed by atoms with Crippen LogP contribution in [0.15, 0.2) is 36.4 Å². The summed E-state index contributed by atoms with van der Waals surface area (Å²) in [6.45, 7) is 4.07. The fourth-order valence-electron chi connectivity index (χ4n) is 7.76. The predicted molar refractivity (Wildman–Crippen MR) is 158 cm³/mol. The van der Waals surface area contributed by atoms with Crippen LogP contribution < -0.4 is 4.74 Å². The number of carbonyl (C=O) groups excluding carboxylic acids is 2. The van der Waals surface area contributed by atoms with Gasteiger partial charge in [0.2, 0.25) is 5.91 Å². The van der Waals surface area contributed by atoms with Crippen molar-refractivity contribution >= 4 is 33.8 Å². The highest BCUT2D eigenvalue weighted by molar-refractivity contribution is 6.00. The normalized spacial score (nSPS) is 22.5. The van der Waals surface area contributed by atoms with Gasteiger partial charge in [-0.05, 0) is 68.2 Å². The first-order valence-electron chi connectivity index (χ1n) is 15.2. The molecule has 5 aliphatic rings. The van der Waals surface area contributed by atoms with Gasteiger partial charge in [0, 0.05) is 62.6 Å².